The topological polar surface area (TPSA) is 43.1 Å². The smallest absolute Gasteiger partial charge is 0.194 e. The maximum absolute atomic E-state index is 12.3. The van der Waals surface area contributed by atoms with Gasteiger partial charge >= 0.3 is 0 Å². The van der Waals surface area contributed by atoms with E-state index in [1.165, 1.54) is 12.1 Å². The second kappa shape index (κ2) is 5.47. The lowest BCUT2D eigenvalue weighted by atomic mass is 10.0. The van der Waals surface area contributed by atoms with Gasteiger partial charge in [0.2, 0.25) is 0 Å². The van der Waals surface area contributed by atoms with Gasteiger partial charge in [0.05, 0.1) is 10.0 Å². The lowest BCUT2D eigenvalue weighted by Crippen LogP contribution is -2.03. The first kappa shape index (κ1) is 13.6. The van der Waals surface area contributed by atoms with Gasteiger partial charge in [-0.1, -0.05) is 23.2 Å². The van der Waals surface area contributed by atoms with E-state index in [0.717, 1.165) is 3.57 Å². The molecule has 2 nitrogen and oxygen atoms in total. The monoisotopic (exact) mass is 391 g/mol. The Morgan fingerprint density at radius 3 is 2.33 bits per heavy atom. The van der Waals surface area contributed by atoms with Crippen LogP contribution in [0.3, 0.4) is 0 Å². The molecule has 0 spiro atoms. The molecule has 0 bridgehead atoms. The molecule has 0 aliphatic carbocycles. The van der Waals surface area contributed by atoms with Crippen molar-refractivity contribution in [3.63, 3.8) is 0 Å². The van der Waals surface area contributed by atoms with Gasteiger partial charge < -0.3 is 5.73 Å². The largest absolute Gasteiger partial charge is 0.399 e. The molecule has 0 aromatic heterocycles. The highest BCUT2D eigenvalue weighted by molar-refractivity contribution is 14.1. The molecule has 0 heterocycles. The van der Waals surface area contributed by atoms with Crippen LogP contribution in [0.1, 0.15) is 15.9 Å². The average molecular weight is 392 g/mol. The van der Waals surface area contributed by atoms with E-state index in [4.69, 9.17) is 28.9 Å². The second-order valence-electron chi connectivity index (χ2n) is 3.70. The van der Waals surface area contributed by atoms with Crippen molar-refractivity contribution < 1.29 is 4.79 Å². The molecule has 0 radical (unpaired) electrons. The van der Waals surface area contributed by atoms with Crippen LogP contribution in [0, 0.1) is 3.57 Å². The summed E-state index contributed by atoms with van der Waals surface area (Å²) in [6, 6.07) is 10.3. The average Bonchev–Trinajstić information content (AvgIpc) is 2.34. The minimum atomic E-state index is -0.189. The fourth-order valence-electron chi connectivity index (χ4n) is 1.53. The van der Waals surface area contributed by atoms with Crippen LogP contribution in [0.5, 0.6) is 0 Å². The molecule has 2 aromatic carbocycles. The van der Waals surface area contributed by atoms with Crippen LogP contribution >= 0.6 is 45.8 Å². The van der Waals surface area contributed by atoms with Gasteiger partial charge in [-0.25, -0.2) is 0 Å². The first-order valence-electron chi connectivity index (χ1n) is 5.04. The third kappa shape index (κ3) is 2.79. The SMILES string of the molecule is Nc1cc(Cl)c(Cl)c(C(=O)c2ccc(I)cc2)c1. The number of halogens is 3. The number of benzene rings is 2. The maximum Gasteiger partial charge on any atom is 0.194 e. The summed E-state index contributed by atoms with van der Waals surface area (Å²) < 4.78 is 1.06. The first-order valence-corrected chi connectivity index (χ1v) is 6.87. The number of nitrogens with two attached hydrogens (primary N) is 1. The molecule has 0 aliphatic heterocycles. The van der Waals surface area contributed by atoms with Crippen molar-refractivity contribution in [2.24, 2.45) is 0 Å². The number of carbonyl (C=O) groups excluding carboxylic acids is 1. The number of rotatable bonds is 2. The zero-order valence-electron chi connectivity index (χ0n) is 9.08. The minimum Gasteiger partial charge on any atom is -0.399 e. The summed E-state index contributed by atoms with van der Waals surface area (Å²) >= 11 is 14.1. The molecule has 0 saturated heterocycles. The van der Waals surface area contributed by atoms with Gasteiger partial charge in [-0.15, -0.1) is 0 Å². The van der Waals surface area contributed by atoms with E-state index >= 15 is 0 Å². The molecule has 0 fully saturated rings. The molecule has 0 atom stereocenters. The van der Waals surface area contributed by atoms with Gasteiger partial charge in [-0.2, -0.15) is 0 Å². The molecule has 0 saturated carbocycles. The summed E-state index contributed by atoms with van der Waals surface area (Å²) in [6.45, 7) is 0. The van der Waals surface area contributed by atoms with Crippen LogP contribution in [0.4, 0.5) is 5.69 Å². The quantitative estimate of drug-likeness (QED) is 0.468. The number of hydrogen-bond acceptors (Lipinski definition) is 2. The Morgan fingerprint density at radius 2 is 1.72 bits per heavy atom. The summed E-state index contributed by atoms with van der Waals surface area (Å²) in [5.74, 6) is -0.189. The predicted molar refractivity (Wildman–Crippen MR) is 83.5 cm³/mol. The van der Waals surface area contributed by atoms with Gasteiger partial charge in [-0.3, -0.25) is 4.79 Å². The van der Waals surface area contributed by atoms with E-state index in [1.54, 1.807) is 12.1 Å². The third-order valence-corrected chi connectivity index (χ3v) is 3.92. The van der Waals surface area contributed by atoms with Crippen molar-refractivity contribution >= 4 is 57.3 Å². The summed E-state index contributed by atoms with van der Waals surface area (Å²) in [6.07, 6.45) is 0. The first-order chi connectivity index (χ1) is 8.49. The van der Waals surface area contributed by atoms with Crippen molar-refractivity contribution in [3.8, 4) is 0 Å². The summed E-state index contributed by atoms with van der Waals surface area (Å²) in [5.41, 5.74) is 6.96. The summed E-state index contributed by atoms with van der Waals surface area (Å²) in [5, 5.41) is 0.514. The summed E-state index contributed by atoms with van der Waals surface area (Å²) in [7, 11) is 0. The number of nitrogen functional groups attached to an aromatic ring is 1. The standard InChI is InChI=1S/C13H8Cl2INO/c14-11-6-9(17)5-10(12(11)15)13(18)7-1-3-8(16)4-2-7/h1-6H,17H2. The minimum absolute atomic E-state index is 0.189. The van der Waals surface area contributed by atoms with Gasteiger partial charge in [0, 0.05) is 20.4 Å². The number of hydrogen-bond donors (Lipinski definition) is 1. The van der Waals surface area contributed by atoms with Crippen molar-refractivity contribution in [3.05, 3.63) is 61.1 Å². The third-order valence-electron chi connectivity index (χ3n) is 2.40. The number of carbonyl (C=O) groups is 1. The highest BCUT2D eigenvalue weighted by atomic mass is 127. The summed E-state index contributed by atoms with van der Waals surface area (Å²) in [4.78, 5) is 12.3. The Hall–Kier alpha value is -0.780. The van der Waals surface area contributed by atoms with Crippen LogP contribution < -0.4 is 5.73 Å². The van der Waals surface area contributed by atoms with Crippen LogP contribution in [0.2, 0.25) is 10.0 Å². The molecular formula is C13H8Cl2INO. The molecule has 2 aromatic rings. The van der Waals surface area contributed by atoms with Crippen molar-refractivity contribution in [2.45, 2.75) is 0 Å². The normalized spacial score (nSPS) is 10.4. The molecular weight excluding hydrogens is 384 g/mol. The van der Waals surface area contributed by atoms with Crippen molar-refractivity contribution in [1.82, 2.24) is 0 Å². The zero-order valence-corrected chi connectivity index (χ0v) is 12.8. The molecule has 2 rings (SSSR count). The second-order valence-corrected chi connectivity index (χ2v) is 5.73. The van der Waals surface area contributed by atoms with E-state index < -0.39 is 0 Å². The van der Waals surface area contributed by atoms with Gasteiger partial charge in [-0.05, 0) is 59.0 Å². The Kier molecular flexibility index (Phi) is 4.14. The molecule has 0 aliphatic rings. The highest BCUT2D eigenvalue weighted by Crippen LogP contribution is 2.30. The molecule has 0 amide bonds. The zero-order chi connectivity index (χ0) is 13.3. The van der Waals surface area contributed by atoms with Gasteiger partial charge in [0.15, 0.2) is 5.78 Å². The van der Waals surface area contributed by atoms with Crippen molar-refractivity contribution in [2.75, 3.05) is 5.73 Å². The molecule has 2 N–H and O–H groups in total. The lowest BCUT2D eigenvalue weighted by molar-refractivity contribution is 0.103. The van der Waals surface area contributed by atoms with Gasteiger partial charge in [0.25, 0.3) is 0 Å². The Bertz CT molecular complexity index is 611. The van der Waals surface area contributed by atoms with Crippen molar-refractivity contribution in [1.29, 1.82) is 0 Å². The van der Waals surface area contributed by atoms with Gasteiger partial charge in [0.1, 0.15) is 0 Å². The number of anilines is 1. The molecule has 92 valence electrons. The van der Waals surface area contributed by atoms with Crippen LogP contribution in [-0.2, 0) is 0 Å². The van der Waals surface area contributed by atoms with E-state index in [-0.39, 0.29) is 15.8 Å². The van der Waals surface area contributed by atoms with E-state index in [0.29, 0.717) is 16.8 Å². The molecule has 0 unspecified atom stereocenters. The van der Waals surface area contributed by atoms with E-state index in [1.807, 2.05) is 12.1 Å². The van der Waals surface area contributed by atoms with Crippen LogP contribution in [-0.4, -0.2) is 5.78 Å². The Balaban J connectivity index is 2.49. The number of ketones is 1. The van der Waals surface area contributed by atoms with Crippen LogP contribution in [0.25, 0.3) is 0 Å². The Labute approximate surface area is 128 Å². The predicted octanol–water partition coefficient (Wildman–Crippen LogP) is 4.41. The molecule has 18 heavy (non-hydrogen) atoms. The highest BCUT2D eigenvalue weighted by Gasteiger charge is 2.15. The van der Waals surface area contributed by atoms with E-state index in [9.17, 15) is 4.79 Å². The lowest BCUT2D eigenvalue weighted by Gasteiger charge is -2.07. The van der Waals surface area contributed by atoms with E-state index in [2.05, 4.69) is 22.6 Å². The fourth-order valence-corrected chi connectivity index (χ4v) is 2.31. The molecule has 5 heteroatoms. The maximum atomic E-state index is 12.3. The fraction of sp³-hybridized carbons (Fsp3) is 0. The van der Waals surface area contributed by atoms with Crippen LogP contribution in [0.15, 0.2) is 36.4 Å². The Morgan fingerprint density at radius 1 is 1.11 bits per heavy atom.